The van der Waals surface area contributed by atoms with Gasteiger partial charge in [-0.05, 0) is 48.3 Å². The molecule has 4 atom stereocenters. The zero-order valence-electron chi connectivity index (χ0n) is 17.8. The molecule has 0 spiro atoms. The summed E-state index contributed by atoms with van der Waals surface area (Å²) in [6, 6.07) is 3.30. The normalized spacial score (nSPS) is 29.1. The van der Waals surface area contributed by atoms with Crippen molar-refractivity contribution in [2.45, 2.75) is 38.8 Å². The number of aromatic nitrogens is 3. The smallest absolute Gasteiger partial charge is 0.347 e. The number of benzene rings is 1. The number of nitrogens with zero attached hydrogens (tertiary/aromatic N) is 3. The quantitative estimate of drug-likeness (QED) is 0.680. The number of carbonyl (C=O) groups excluding carboxylic acids is 2. The summed E-state index contributed by atoms with van der Waals surface area (Å²) < 4.78 is 18.1. The molecule has 1 aromatic heterocycles. The Morgan fingerprint density at radius 1 is 1.16 bits per heavy atom. The molecule has 0 saturated heterocycles. The van der Waals surface area contributed by atoms with Gasteiger partial charge in [-0.15, -0.1) is 0 Å². The van der Waals surface area contributed by atoms with E-state index in [1.54, 1.807) is 19.9 Å². The van der Waals surface area contributed by atoms with Gasteiger partial charge in [0, 0.05) is 18.9 Å². The molecule has 1 aromatic carbocycles. The lowest BCUT2D eigenvalue weighted by molar-refractivity contribution is -0.139. The molecule has 2 heterocycles. The van der Waals surface area contributed by atoms with Crippen molar-refractivity contribution < 1.29 is 19.1 Å². The fraction of sp³-hybridized carbons (Fsp3) is 0.391. The number of allylic oxidation sites excluding steroid dienone is 4. The Balaban J connectivity index is 1.80. The molecule has 0 unspecified atom stereocenters. The molecule has 32 heavy (non-hydrogen) atoms. The summed E-state index contributed by atoms with van der Waals surface area (Å²) in [5.41, 5.74) is -0.708. The molecule has 0 radical (unpaired) electrons. The number of hydrogen-bond donors (Lipinski definition) is 1. The van der Waals surface area contributed by atoms with Crippen molar-refractivity contribution in [2.75, 3.05) is 0 Å². The Kier molecular flexibility index (Phi) is 4.15. The maximum absolute atomic E-state index is 14.4. The molecule has 9 heteroatoms. The van der Waals surface area contributed by atoms with Crippen molar-refractivity contribution in [3.05, 3.63) is 73.8 Å². The minimum absolute atomic E-state index is 0.121. The van der Waals surface area contributed by atoms with Crippen LogP contribution in [0.3, 0.4) is 0 Å². The van der Waals surface area contributed by atoms with Crippen molar-refractivity contribution in [1.82, 2.24) is 13.9 Å². The van der Waals surface area contributed by atoms with Gasteiger partial charge < -0.3 is 5.11 Å². The minimum atomic E-state index is -1.19. The first kappa shape index (κ1) is 20.4. The van der Waals surface area contributed by atoms with E-state index in [1.807, 2.05) is 0 Å². The van der Waals surface area contributed by atoms with E-state index < -0.39 is 46.2 Å². The van der Waals surface area contributed by atoms with E-state index in [2.05, 4.69) is 0 Å². The fourth-order valence-electron chi connectivity index (χ4n) is 5.85. The highest BCUT2D eigenvalue weighted by atomic mass is 19.1. The van der Waals surface area contributed by atoms with Crippen LogP contribution in [0.4, 0.5) is 4.39 Å². The Bertz CT molecular complexity index is 1390. The van der Waals surface area contributed by atoms with E-state index in [0.29, 0.717) is 16.7 Å². The summed E-state index contributed by atoms with van der Waals surface area (Å²) in [4.78, 5) is 52.0. The van der Waals surface area contributed by atoms with Crippen LogP contribution < -0.4 is 11.4 Å². The third-order valence-corrected chi connectivity index (χ3v) is 7.40. The molecule has 0 bridgehead atoms. The lowest BCUT2D eigenvalue weighted by Gasteiger charge is -2.52. The van der Waals surface area contributed by atoms with Crippen LogP contribution in [0, 0.1) is 17.2 Å². The van der Waals surface area contributed by atoms with Crippen LogP contribution in [-0.2, 0) is 23.2 Å². The third-order valence-electron chi connectivity index (χ3n) is 7.40. The van der Waals surface area contributed by atoms with Gasteiger partial charge in [-0.3, -0.25) is 9.59 Å². The molecule has 8 nitrogen and oxygen atoms in total. The number of fused-ring (bicyclic) bond motifs is 4. The van der Waals surface area contributed by atoms with Crippen LogP contribution in [0.1, 0.15) is 37.8 Å². The van der Waals surface area contributed by atoms with E-state index in [1.165, 1.54) is 40.7 Å². The minimum Gasteiger partial charge on any atom is -0.505 e. The third kappa shape index (κ3) is 2.42. The summed E-state index contributed by atoms with van der Waals surface area (Å²) in [6.45, 7) is 3.43. The van der Waals surface area contributed by atoms with Crippen LogP contribution in [-0.4, -0.2) is 30.6 Å². The van der Waals surface area contributed by atoms with Gasteiger partial charge in [-0.25, -0.2) is 27.9 Å². The van der Waals surface area contributed by atoms with Gasteiger partial charge in [0.2, 0.25) is 0 Å². The molecule has 1 N–H and O–H groups in total. The maximum Gasteiger partial charge on any atom is 0.347 e. The van der Waals surface area contributed by atoms with Gasteiger partial charge in [-0.1, -0.05) is 19.1 Å². The van der Waals surface area contributed by atoms with Gasteiger partial charge >= 0.3 is 11.4 Å². The van der Waals surface area contributed by atoms with E-state index in [-0.39, 0.29) is 24.5 Å². The van der Waals surface area contributed by atoms with Gasteiger partial charge in [0.1, 0.15) is 0 Å². The van der Waals surface area contributed by atoms with Gasteiger partial charge in [0.15, 0.2) is 23.1 Å². The highest BCUT2D eigenvalue weighted by Gasteiger charge is 2.59. The predicted octanol–water partition coefficient (Wildman–Crippen LogP) is 1.58. The number of rotatable bonds is 1. The SMILES string of the molecule is CC1=CC(=O)[C@@H]2C[C@@H]3C(=CCn4c(=O)n(C)c(=O)n43)[C@H](c3ccc(O)c(F)c3)[C@]2(C)C1=O. The molecule has 1 fully saturated rings. The first-order valence-corrected chi connectivity index (χ1v) is 10.4. The van der Waals surface area contributed by atoms with Crippen LogP contribution in [0.15, 0.2) is 51.1 Å². The molecule has 2 aromatic rings. The second-order valence-electron chi connectivity index (χ2n) is 9.04. The van der Waals surface area contributed by atoms with Crippen LogP contribution >= 0.6 is 0 Å². The lowest BCUT2D eigenvalue weighted by Crippen LogP contribution is -2.54. The molecule has 0 amide bonds. The van der Waals surface area contributed by atoms with Crippen LogP contribution in [0.2, 0.25) is 0 Å². The zero-order chi connectivity index (χ0) is 23.1. The number of phenolic OH excluding ortho intramolecular Hbond substituents is 1. The second kappa shape index (κ2) is 6.51. The number of phenols is 1. The maximum atomic E-state index is 14.4. The van der Waals surface area contributed by atoms with E-state index in [4.69, 9.17) is 0 Å². The number of carbonyl (C=O) groups is 2. The van der Waals surface area contributed by atoms with Crippen molar-refractivity contribution in [3.63, 3.8) is 0 Å². The molecular formula is C23H22FN3O5. The summed E-state index contributed by atoms with van der Waals surface area (Å²) in [7, 11) is 1.39. The van der Waals surface area contributed by atoms with Gasteiger partial charge in [-0.2, -0.15) is 0 Å². The van der Waals surface area contributed by atoms with Gasteiger partial charge in [0.05, 0.1) is 18.0 Å². The van der Waals surface area contributed by atoms with Crippen LogP contribution in [0.5, 0.6) is 5.75 Å². The first-order valence-electron chi connectivity index (χ1n) is 10.4. The van der Waals surface area contributed by atoms with Crippen molar-refractivity contribution >= 4 is 11.6 Å². The summed E-state index contributed by atoms with van der Waals surface area (Å²) in [6.07, 6.45) is 3.31. The number of Topliss-reactive ketones (excluding diaryl/α,β-unsaturated/α-hetero) is 1. The van der Waals surface area contributed by atoms with E-state index in [0.717, 1.165) is 4.57 Å². The molecule has 3 aliphatic rings. The number of hydrogen-bond acceptors (Lipinski definition) is 5. The van der Waals surface area contributed by atoms with E-state index >= 15 is 0 Å². The summed E-state index contributed by atoms with van der Waals surface area (Å²) in [5.74, 6) is -3.25. The largest absolute Gasteiger partial charge is 0.505 e. The molecule has 1 aliphatic heterocycles. The molecule has 2 aliphatic carbocycles. The summed E-state index contributed by atoms with van der Waals surface area (Å²) >= 11 is 0. The fourth-order valence-corrected chi connectivity index (χ4v) is 5.85. The Morgan fingerprint density at radius 2 is 1.88 bits per heavy atom. The molecular weight excluding hydrogens is 417 g/mol. The molecule has 1 saturated carbocycles. The number of aromatic hydroxyl groups is 1. The van der Waals surface area contributed by atoms with Crippen molar-refractivity contribution in [3.8, 4) is 5.75 Å². The van der Waals surface area contributed by atoms with E-state index in [9.17, 15) is 28.7 Å². The highest BCUT2D eigenvalue weighted by molar-refractivity contribution is 6.13. The highest BCUT2D eigenvalue weighted by Crippen LogP contribution is 2.59. The lowest BCUT2D eigenvalue weighted by atomic mass is 9.51. The summed E-state index contributed by atoms with van der Waals surface area (Å²) in [5, 5.41) is 9.70. The predicted molar refractivity (Wildman–Crippen MR) is 112 cm³/mol. The first-order chi connectivity index (χ1) is 15.1. The Hall–Kier alpha value is -3.49. The average Bonchev–Trinajstić information content (AvgIpc) is 2.97. The number of ketones is 2. The standard InChI is InChI=1S/C23H22FN3O5/c1-11-8-18(29)14-10-16-13(6-7-26-21(31)25(3)22(32)27(16)26)19(23(14,2)20(11)30)12-4-5-17(28)15(24)9-12/h4-6,8-9,14,16,19,28H,7,10H2,1-3H3/t14-,16+,19-,23+/m0/s1. The monoisotopic (exact) mass is 439 g/mol. The topological polar surface area (TPSA) is 103 Å². The van der Waals surface area contributed by atoms with Crippen molar-refractivity contribution in [1.29, 1.82) is 0 Å². The average molecular weight is 439 g/mol. The zero-order valence-corrected chi connectivity index (χ0v) is 17.8. The Labute approximate surface area is 181 Å². The molecule has 5 rings (SSSR count). The molecule has 166 valence electrons. The number of halogens is 1. The van der Waals surface area contributed by atoms with Crippen molar-refractivity contribution in [2.24, 2.45) is 18.4 Å². The van der Waals surface area contributed by atoms with Gasteiger partial charge in [0.25, 0.3) is 0 Å². The Morgan fingerprint density at radius 3 is 2.56 bits per heavy atom. The van der Waals surface area contributed by atoms with Crippen LogP contribution in [0.25, 0.3) is 0 Å². The second-order valence-corrected chi connectivity index (χ2v) is 9.04.